The van der Waals surface area contributed by atoms with Crippen LogP contribution in [0.25, 0.3) is 0 Å². The van der Waals surface area contributed by atoms with Crippen LogP contribution in [0.3, 0.4) is 0 Å². The molecular weight excluding hydrogens is 178 g/mol. The van der Waals surface area contributed by atoms with Crippen LogP contribution >= 0.6 is 0 Å². The maximum atomic E-state index is 10.2. The molecule has 14 heavy (non-hydrogen) atoms. The second-order valence-electron chi connectivity index (χ2n) is 3.43. The molecule has 0 aromatic rings. The van der Waals surface area contributed by atoms with E-state index in [-0.39, 0.29) is 6.17 Å². The van der Waals surface area contributed by atoms with Crippen molar-refractivity contribution in [3.63, 3.8) is 0 Å². The topological polar surface area (TPSA) is 67.5 Å². The normalized spacial score (nSPS) is 13.4. The monoisotopic (exact) mass is 197 g/mol. The van der Waals surface area contributed by atoms with E-state index in [4.69, 9.17) is 5.73 Å². The van der Waals surface area contributed by atoms with E-state index in [1.54, 1.807) is 0 Å². The molecule has 0 aliphatic rings. The third-order valence-electron chi connectivity index (χ3n) is 1.80. The van der Waals surface area contributed by atoms with Crippen molar-refractivity contribution >= 4 is 12.1 Å². The fourth-order valence-corrected chi connectivity index (χ4v) is 1.19. The molecule has 0 rings (SSSR count). The van der Waals surface area contributed by atoms with Gasteiger partial charge in [0.15, 0.2) is 0 Å². The number of rotatable bonds is 5. The van der Waals surface area contributed by atoms with E-state index in [0.717, 1.165) is 16.9 Å². The van der Waals surface area contributed by atoms with Crippen molar-refractivity contribution < 1.29 is 4.79 Å². The lowest BCUT2D eigenvalue weighted by atomic mass is 10.1. The van der Waals surface area contributed by atoms with E-state index in [2.05, 4.69) is 10.3 Å². The molecule has 1 unspecified atom stereocenters. The lowest BCUT2D eigenvalue weighted by Crippen LogP contribution is -2.21. The summed E-state index contributed by atoms with van der Waals surface area (Å²) >= 11 is 0. The van der Waals surface area contributed by atoms with Gasteiger partial charge in [0, 0.05) is 12.3 Å². The molecule has 0 aromatic heterocycles. The Labute approximate surface area is 85.3 Å². The SMILES string of the molecule is CC(C)=C(CNC=O)/C(C)=N\C(C)N. The van der Waals surface area contributed by atoms with Crippen LogP contribution in [0.2, 0.25) is 0 Å². The summed E-state index contributed by atoms with van der Waals surface area (Å²) in [5.74, 6) is 0. The highest BCUT2D eigenvalue weighted by Gasteiger charge is 2.04. The fraction of sp³-hybridized carbons (Fsp3) is 0.600. The molecule has 3 N–H and O–H groups in total. The van der Waals surface area contributed by atoms with Crippen molar-refractivity contribution in [1.82, 2.24) is 5.32 Å². The van der Waals surface area contributed by atoms with Crippen LogP contribution in [0.1, 0.15) is 27.7 Å². The molecule has 0 heterocycles. The van der Waals surface area contributed by atoms with Crippen LogP contribution in [0.4, 0.5) is 0 Å². The summed E-state index contributed by atoms with van der Waals surface area (Å²) < 4.78 is 0. The van der Waals surface area contributed by atoms with Crippen LogP contribution < -0.4 is 11.1 Å². The van der Waals surface area contributed by atoms with Gasteiger partial charge in [-0.05, 0) is 33.3 Å². The van der Waals surface area contributed by atoms with Crippen molar-refractivity contribution in [3.05, 3.63) is 11.1 Å². The molecule has 0 spiro atoms. The van der Waals surface area contributed by atoms with Gasteiger partial charge in [0.2, 0.25) is 6.41 Å². The molecule has 0 radical (unpaired) electrons. The first-order valence-corrected chi connectivity index (χ1v) is 4.62. The van der Waals surface area contributed by atoms with Crippen LogP contribution in [0.5, 0.6) is 0 Å². The second-order valence-corrected chi connectivity index (χ2v) is 3.43. The third kappa shape index (κ3) is 4.77. The second kappa shape index (κ2) is 6.32. The molecular formula is C10H19N3O. The van der Waals surface area contributed by atoms with Gasteiger partial charge >= 0.3 is 0 Å². The van der Waals surface area contributed by atoms with Gasteiger partial charge in [-0.3, -0.25) is 9.79 Å². The zero-order valence-electron chi connectivity index (χ0n) is 9.29. The summed E-state index contributed by atoms with van der Waals surface area (Å²) in [7, 11) is 0. The van der Waals surface area contributed by atoms with Gasteiger partial charge in [-0.15, -0.1) is 0 Å². The van der Waals surface area contributed by atoms with Gasteiger partial charge in [-0.2, -0.15) is 0 Å². The van der Waals surface area contributed by atoms with Gasteiger partial charge in [0.1, 0.15) is 0 Å². The number of nitrogens with one attached hydrogen (secondary N) is 1. The summed E-state index contributed by atoms with van der Waals surface area (Å²) in [6, 6.07) is 0. The van der Waals surface area contributed by atoms with Gasteiger partial charge < -0.3 is 11.1 Å². The Bertz CT molecular complexity index is 250. The molecule has 80 valence electrons. The Kier molecular flexibility index (Phi) is 5.79. The molecule has 1 amide bonds. The van der Waals surface area contributed by atoms with Gasteiger partial charge in [-0.25, -0.2) is 0 Å². The highest BCUT2D eigenvalue weighted by molar-refractivity contribution is 5.99. The number of carbonyl (C=O) groups excluding carboxylic acids is 1. The quantitative estimate of drug-likeness (QED) is 0.506. The van der Waals surface area contributed by atoms with Crippen molar-refractivity contribution in [1.29, 1.82) is 0 Å². The zero-order valence-corrected chi connectivity index (χ0v) is 9.29. The Morgan fingerprint density at radius 3 is 2.43 bits per heavy atom. The highest BCUT2D eigenvalue weighted by Crippen LogP contribution is 2.05. The summed E-state index contributed by atoms with van der Waals surface area (Å²) in [6.07, 6.45) is 0.475. The van der Waals surface area contributed by atoms with Crippen LogP contribution in [-0.2, 0) is 4.79 Å². The predicted octanol–water partition coefficient (Wildman–Crippen LogP) is 0.834. The number of allylic oxidation sites excluding steroid dienone is 1. The number of nitrogens with zero attached hydrogens (tertiary/aromatic N) is 1. The van der Waals surface area contributed by atoms with E-state index in [1.807, 2.05) is 27.7 Å². The minimum Gasteiger partial charge on any atom is -0.355 e. The Morgan fingerprint density at radius 1 is 1.50 bits per heavy atom. The largest absolute Gasteiger partial charge is 0.355 e. The lowest BCUT2D eigenvalue weighted by molar-refractivity contribution is -0.109. The smallest absolute Gasteiger partial charge is 0.207 e. The van der Waals surface area contributed by atoms with E-state index in [1.165, 1.54) is 0 Å². The van der Waals surface area contributed by atoms with Crippen LogP contribution in [-0.4, -0.2) is 24.8 Å². The standard InChI is InChI=1S/C10H19N3O/c1-7(2)10(5-12-6-14)8(3)13-9(4)11/h6,9H,5,11H2,1-4H3,(H,12,14)/b13-8-. The molecule has 0 fully saturated rings. The van der Waals surface area contributed by atoms with E-state index < -0.39 is 0 Å². The van der Waals surface area contributed by atoms with Crippen molar-refractivity contribution in [2.45, 2.75) is 33.9 Å². The molecule has 0 bridgehead atoms. The number of aliphatic imine (C=N–C) groups is 1. The number of amides is 1. The van der Waals surface area contributed by atoms with Crippen molar-refractivity contribution in [3.8, 4) is 0 Å². The Balaban J connectivity index is 4.68. The van der Waals surface area contributed by atoms with Gasteiger partial charge in [0.05, 0.1) is 6.17 Å². The van der Waals surface area contributed by atoms with E-state index >= 15 is 0 Å². The summed E-state index contributed by atoms with van der Waals surface area (Å²) in [5, 5.41) is 2.62. The third-order valence-corrected chi connectivity index (χ3v) is 1.80. The Morgan fingerprint density at radius 2 is 2.07 bits per heavy atom. The maximum absolute atomic E-state index is 10.2. The minimum absolute atomic E-state index is 0.208. The number of nitrogens with two attached hydrogens (primary N) is 1. The molecule has 0 aromatic carbocycles. The van der Waals surface area contributed by atoms with Crippen molar-refractivity contribution in [2.75, 3.05) is 6.54 Å². The van der Waals surface area contributed by atoms with Crippen LogP contribution in [0, 0.1) is 0 Å². The average molecular weight is 197 g/mol. The van der Waals surface area contributed by atoms with E-state index in [0.29, 0.717) is 13.0 Å². The van der Waals surface area contributed by atoms with Crippen LogP contribution in [0.15, 0.2) is 16.1 Å². The molecule has 4 heteroatoms. The summed E-state index contributed by atoms with van der Waals surface area (Å²) in [4.78, 5) is 14.4. The summed E-state index contributed by atoms with van der Waals surface area (Å²) in [5.41, 5.74) is 8.62. The summed E-state index contributed by atoms with van der Waals surface area (Å²) in [6.45, 7) is 8.20. The predicted molar refractivity (Wildman–Crippen MR) is 59.2 cm³/mol. The average Bonchev–Trinajstić information content (AvgIpc) is 2.02. The van der Waals surface area contributed by atoms with Crippen molar-refractivity contribution in [2.24, 2.45) is 10.7 Å². The number of hydrogen-bond acceptors (Lipinski definition) is 3. The molecule has 1 atom stereocenters. The molecule has 0 saturated carbocycles. The first kappa shape index (κ1) is 12.8. The molecule has 0 saturated heterocycles. The zero-order chi connectivity index (χ0) is 11.1. The van der Waals surface area contributed by atoms with E-state index in [9.17, 15) is 4.79 Å². The first-order chi connectivity index (χ1) is 6.49. The molecule has 4 nitrogen and oxygen atoms in total. The number of hydrogen-bond donors (Lipinski definition) is 2. The number of carbonyl (C=O) groups is 1. The first-order valence-electron chi connectivity index (χ1n) is 4.62. The minimum atomic E-state index is -0.208. The Hall–Kier alpha value is -1.16. The van der Waals surface area contributed by atoms with Gasteiger partial charge in [-0.1, -0.05) is 5.57 Å². The molecule has 0 aliphatic heterocycles. The molecule has 0 aliphatic carbocycles. The van der Waals surface area contributed by atoms with Gasteiger partial charge in [0.25, 0.3) is 0 Å². The lowest BCUT2D eigenvalue weighted by Gasteiger charge is -2.10. The fourth-order valence-electron chi connectivity index (χ4n) is 1.19. The highest BCUT2D eigenvalue weighted by atomic mass is 16.1. The maximum Gasteiger partial charge on any atom is 0.207 e.